The van der Waals surface area contributed by atoms with Gasteiger partial charge in [0.2, 0.25) is 17.8 Å². The van der Waals surface area contributed by atoms with Gasteiger partial charge in [0.1, 0.15) is 0 Å². The fourth-order valence-electron chi connectivity index (χ4n) is 1.80. The van der Waals surface area contributed by atoms with E-state index in [1.165, 1.54) is 23.1 Å². The fourth-order valence-corrected chi connectivity index (χ4v) is 3.36. The highest BCUT2D eigenvalue weighted by Crippen LogP contribution is 2.34. The first-order valence-electron chi connectivity index (χ1n) is 6.75. The minimum atomic E-state index is -0.121. The summed E-state index contributed by atoms with van der Waals surface area (Å²) in [7, 11) is 0. The largest absolute Gasteiger partial charge is 0.454 e. The highest BCUT2D eigenvalue weighted by molar-refractivity contribution is 8.01. The van der Waals surface area contributed by atoms with Crippen molar-refractivity contribution >= 4 is 39.8 Å². The van der Waals surface area contributed by atoms with Gasteiger partial charge in [0, 0.05) is 18.3 Å². The van der Waals surface area contributed by atoms with Crippen molar-refractivity contribution < 1.29 is 14.3 Å². The van der Waals surface area contributed by atoms with E-state index >= 15 is 0 Å². The number of nitrogens with zero attached hydrogens (tertiary/aromatic N) is 2. The summed E-state index contributed by atoms with van der Waals surface area (Å²) < 4.78 is 11.2. The van der Waals surface area contributed by atoms with Gasteiger partial charge >= 0.3 is 0 Å². The minimum absolute atomic E-state index is 0.121. The molecule has 3 rings (SSSR count). The molecule has 2 N–H and O–H groups in total. The zero-order valence-corrected chi connectivity index (χ0v) is 13.7. The summed E-state index contributed by atoms with van der Waals surface area (Å²) in [6.45, 7) is 4.46. The predicted octanol–water partition coefficient (Wildman–Crippen LogP) is 2.60. The average Bonchev–Trinajstić information content (AvgIpc) is 3.19. The number of nitrogens with one attached hydrogen (secondary N) is 2. The normalized spacial score (nSPS) is 12.0. The van der Waals surface area contributed by atoms with Crippen molar-refractivity contribution in [1.29, 1.82) is 0 Å². The molecular formula is C14H14N4O3S2. The number of rotatable bonds is 7. The SMILES string of the molecule is C=CCNc1nnc(SCC(=O)Nc2ccc3c(c2)OCO3)s1. The summed E-state index contributed by atoms with van der Waals surface area (Å²) >= 11 is 2.74. The number of fused-ring (bicyclic) bond motifs is 1. The first-order chi connectivity index (χ1) is 11.2. The maximum atomic E-state index is 12.0. The number of thioether (sulfide) groups is 1. The van der Waals surface area contributed by atoms with Crippen LogP contribution in [0.5, 0.6) is 11.5 Å². The lowest BCUT2D eigenvalue weighted by atomic mass is 10.3. The van der Waals surface area contributed by atoms with Crippen LogP contribution >= 0.6 is 23.1 Å². The average molecular weight is 350 g/mol. The van der Waals surface area contributed by atoms with Crippen LogP contribution in [-0.4, -0.2) is 35.2 Å². The number of benzene rings is 1. The molecule has 23 heavy (non-hydrogen) atoms. The Kier molecular flexibility index (Phi) is 4.99. The van der Waals surface area contributed by atoms with E-state index in [9.17, 15) is 4.79 Å². The summed E-state index contributed by atoms with van der Waals surface area (Å²) in [5.74, 6) is 1.46. The van der Waals surface area contributed by atoms with Gasteiger partial charge in [0.15, 0.2) is 15.8 Å². The molecule has 1 aromatic carbocycles. The third-order valence-electron chi connectivity index (χ3n) is 2.79. The Morgan fingerprint density at radius 3 is 3.13 bits per heavy atom. The van der Waals surface area contributed by atoms with Gasteiger partial charge in [0.05, 0.1) is 5.75 Å². The van der Waals surface area contributed by atoms with Gasteiger partial charge in [0.25, 0.3) is 0 Å². The molecule has 7 nitrogen and oxygen atoms in total. The van der Waals surface area contributed by atoms with Gasteiger partial charge in [-0.05, 0) is 12.1 Å². The van der Waals surface area contributed by atoms with Crippen LogP contribution in [0.4, 0.5) is 10.8 Å². The summed E-state index contributed by atoms with van der Waals surface area (Å²) in [6.07, 6.45) is 1.74. The fraction of sp³-hybridized carbons (Fsp3) is 0.214. The van der Waals surface area contributed by atoms with E-state index in [0.29, 0.717) is 28.9 Å². The highest BCUT2D eigenvalue weighted by atomic mass is 32.2. The van der Waals surface area contributed by atoms with Crippen LogP contribution in [0, 0.1) is 0 Å². The molecule has 0 unspecified atom stereocenters. The third kappa shape index (κ3) is 4.14. The molecule has 0 saturated heterocycles. The number of carbonyl (C=O) groups excluding carboxylic acids is 1. The summed E-state index contributed by atoms with van der Waals surface area (Å²) in [5.41, 5.74) is 0.672. The van der Waals surface area contributed by atoms with Gasteiger partial charge in [-0.3, -0.25) is 4.79 Å². The van der Waals surface area contributed by atoms with Crippen LogP contribution in [-0.2, 0) is 4.79 Å². The monoisotopic (exact) mass is 350 g/mol. The molecule has 0 aliphatic carbocycles. The number of hydrogen-bond acceptors (Lipinski definition) is 8. The van der Waals surface area contributed by atoms with Crippen LogP contribution in [0.2, 0.25) is 0 Å². The first kappa shape index (κ1) is 15.6. The molecule has 0 radical (unpaired) electrons. The molecule has 1 aliphatic heterocycles. The molecule has 2 heterocycles. The predicted molar refractivity (Wildman–Crippen MR) is 90.5 cm³/mol. The second-order valence-electron chi connectivity index (χ2n) is 4.45. The van der Waals surface area contributed by atoms with Crippen LogP contribution in [0.3, 0.4) is 0 Å². The molecule has 0 atom stereocenters. The lowest BCUT2D eigenvalue weighted by Crippen LogP contribution is -2.13. The van der Waals surface area contributed by atoms with E-state index in [4.69, 9.17) is 9.47 Å². The van der Waals surface area contributed by atoms with Crippen molar-refractivity contribution in [3.8, 4) is 11.5 Å². The van der Waals surface area contributed by atoms with Gasteiger partial charge in [-0.15, -0.1) is 16.8 Å². The van der Waals surface area contributed by atoms with E-state index < -0.39 is 0 Å². The highest BCUT2D eigenvalue weighted by Gasteiger charge is 2.14. The Labute approximate surface area is 141 Å². The van der Waals surface area contributed by atoms with Crippen LogP contribution in [0.1, 0.15) is 0 Å². The molecule has 0 bridgehead atoms. The van der Waals surface area contributed by atoms with E-state index in [-0.39, 0.29) is 18.5 Å². The number of hydrogen-bond donors (Lipinski definition) is 2. The Balaban J connectivity index is 1.49. The molecule has 1 aliphatic rings. The maximum absolute atomic E-state index is 12.0. The molecular weight excluding hydrogens is 336 g/mol. The molecule has 0 fully saturated rings. The van der Waals surface area contributed by atoms with Gasteiger partial charge in [-0.1, -0.05) is 29.2 Å². The van der Waals surface area contributed by atoms with Gasteiger partial charge < -0.3 is 20.1 Å². The second kappa shape index (κ2) is 7.34. The lowest BCUT2D eigenvalue weighted by Gasteiger charge is -2.05. The van der Waals surface area contributed by atoms with Crippen molar-refractivity contribution in [3.63, 3.8) is 0 Å². The van der Waals surface area contributed by atoms with E-state index in [1.807, 2.05) is 0 Å². The summed E-state index contributed by atoms with van der Waals surface area (Å²) in [5, 5.41) is 14.6. The molecule has 0 saturated carbocycles. The Hall–Kier alpha value is -2.26. The van der Waals surface area contributed by atoms with Crippen LogP contribution in [0.15, 0.2) is 35.2 Å². The van der Waals surface area contributed by atoms with Crippen LogP contribution < -0.4 is 20.1 Å². The van der Waals surface area contributed by atoms with E-state index in [1.54, 1.807) is 24.3 Å². The Morgan fingerprint density at radius 1 is 1.39 bits per heavy atom. The Morgan fingerprint density at radius 2 is 2.26 bits per heavy atom. The van der Waals surface area contributed by atoms with E-state index in [0.717, 1.165) is 4.34 Å². The lowest BCUT2D eigenvalue weighted by molar-refractivity contribution is -0.113. The molecule has 2 aromatic rings. The zero-order valence-electron chi connectivity index (χ0n) is 12.1. The topological polar surface area (TPSA) is 85.4 Å². The molecule has 0 spiro atoms. The van der Waals surface area contributed by atoms with Crippen molar-refractivity contribution in [1.82, 2.24) is 10.2 Å². The van der Waals surface area contributed by atoms with E-state index in [2.05, 4.69) is 27.4 Å². The number of amides is 1. The standard InChI is InChI=1S/C14H14N4O3S2/c1-2-5-15-13-17-18-14(23-13)22-7-12(19)16-9-3-4-10-11(6-9)21-8-20-10/h2-4,6H,1,5,7-8H2,(H,15,17)(H,16,19). The van der Waals surface area contributed by atoms with Crippen molar-refractivity contribution in [2.75, 3.05) is 29.7 Å². The van der Waals surface area contributed by atoms with Crippen LogP contribution in [0.25, 0.3) is 0 Å². The summed E-state index contributed by atoms with van der Waals surface area (Å²) in [6, 6.07) is 5.29. The first-order valence-corrected chi connectivity index (χ1v) is 8.55. The summed E-state index contributed by atoms with van der Waals surface area (Å²) in [4.78, 5) is 12.0. The van der Waals surface area contributed by atoms with Crippen molar-refractivity contribution in [3.05, 3.63) is 30.9 Å². The second-order valence-corrected chi connectivity index (χ2v) is 6.65. The van der Waals surface area contributed by atoms with Gasteiger partial charge in [-0.2, -0.15) is 0 Å². The third-order valence-corrected chi connectivity index (χ3v) is 4.80. The smallest absolute Gasteiger partial charge is 0.234 e. The molecule has 1 aromatic heterocycles. The minimum Gasteiger partial charge on any atom is -0.454 e. The Bertz CT molecular complexity index is 720. The zero-order chi connectivity index (χ0) is 16.1. The molecule has 1 amide bonds. The molecule has 9 heteroatoms. The number of carbonyl (C=O) groups is 1. The number of aromatic nitrogens is 2. The number of ether oxygens (including phenoxy) is 2. The number of anilines is 2. The van der Waals surface area contributed by atoms with Gasteiger partial charge in [-0.25, -0.2) is 0 Å². The maximum Gasteiger partial charge on any atom is 0.234 e. The quantitative estimate of drug-likeness (QED) is 0.586. The van der Waals surface area contributed by atoms with Crippen molar-refractivity contribution in [2.45, 2.75) is 4.34 Å². The van der Waals surface area contributed by atoms with Crippen molar-refractivity contribution in [2.24, 2.45) is 0 Å². The molecule has 120 valence electrons.